The number of anilines is 1. The van der Waals surface area contributed by atoms with Crippen molar-refractivity contribution in [3.63, 3.8) is 0 Å². The van der Waals surface area contributed by atoms with E-state index in [2.05, 4.69) is 27.3 Å². The van der Waals surface area contributed by atoms with Crippen molar-refractivity contribution in [1.29, 1.82) is 0 Å². The maximum atomic E-state index is 5.37. The molecule has 0 saturated heterocycles. The maximum absolute atomic E-state index is 5.37. The molecule has 2 aromatic rings. The predicted octanol–water partition coefficient (Wildman–Crippen LogP) is 1.39. The number of nitrogens with one attached hydrogen (secondary N) is 1. The monoisotopic (exact) mass is 247 g/mol. The highest BCUT2D eigenvalue weighted by atomic mass is 16.5. The molecule has 0 unspecified atom stereocenters. The predicted molar refractivity (Wildman–Crippen MR) is 68.5 cm³/mol. The molecule has 0 saturated carbocycles. The lowest BCUT2D eigenvalue weighted by molar-refractivity contribution is 0.369. The van der Waals surface area contributed by atoms with Crippen LogP contribution in [0.25, 0.3) is 0 Å². The minimum atomic E-state index is 0.601. The fraction of sp³-hybridized carbons (Fsp3) is 0.417. The third-order valence-electron chi connectivity index (χ3n) is 2.69. The third kappa shape index (κ3) is 2.42. The van der Waals surface area contributed by atoms with Gasteiger partial charge in [0, 0.05) is 19.4 Å². The van der Waals surface area contributed by atoms with E-state index < -0.39 is 0 Å². The normalized spacial score (nSPS) is 10.4. The molecule has 0 aliphatic carbocycles. The number of methoxy groups -OCH3 is 1. The average Bonchev–Trinajstić information content (AvgIpc) is 2.73. The van der Waals surface area contributed by atoms with Crippen LogP contribution in [-0.2, 0) is 20.0 Å². The van der Waals surface area contributed by atoms with Crippen LogP contribution >= 0.6 is 0 Å². The zero-order chi connectivity index (χ0) is 13.0. The van der Waals surface area contributed by atoms with Crippen LogP contribution in [0.5, 0.6) is 5.88 Å². The lowest BCUT2D eigenvalue weighted by atomic mass is 10.2. The van der Waals surface area contributed by atoms with Gasteiger partial charge in [-0.1, -0.05) is 6.92 Å². The minimum absolute atomic E-state index is 0.601. The van der Waals surface area contributed by atoms with Crippen molar-refractivity contribution in [3.8, 4) is 5.88 Å². The molecule has 6 heteroatoms. The molecular formula is C12H17N5O. The first-order valence-corrected chi connectivity index (χ1v) is 5.85. The van der Waals surface area contributed by atoms with Gasteiger partial charge in [0.05, 0.1) is 24.9 Å². The highest BCUT2D eigenvalue weighted by molar-refractivity contribution is 5.36. The van der Waals surface area contributed by atoms with E-state index >= 15 is 0 Å². The first kappa shape index (κ1) is 12.3. The van der Waals surface area contributed by atoms with Crippen LogP contribution in [0.4, 0.5) is 5.95 Å². The van der Waals surface area contributed by atoms with E-state index in [4.69, 9.17) is 4.74 Å². The van der Waals surface area contributed by atoms with Gasteiger partial charge < -0.3 is 10.1 Å². The number of nitrogens with zero attached hydrogens (tertiary/aromatic N) is 4. The van der Waals surface area contributed by atoms with Crippen LogP contribution in [0.15, 0.2) is 18.5 Å². The van der Waals surface area contributed by atoms with Gasteiger partial charge in [-0.05, 0) is 12.5 Å². The molecule has 0 atom stereocenters. The molecule has 2 heterocycles. The summed E-state index contributed by atoms with van der Waals surface area (Å²) in [6.45, 7) is 2.68. The van der Waals surface area contributed by atoms with Crippen LogP contribution < -0.4 is 10.1 Å². The summed E-state index contributed by atoms with van der Waals surface area (Å²) in [5, 5.41) is 7.59. The number of hydrogen-bond acceptors (Lipinski definition) is 5. The van der Waals surface area contributed by atoms with Crippen molar-refractivity contribution in [1.82, 2.24) is 19.7 Å². The lowest BCUT2D eigenvalue weighted by Crippen LogP contribution is -2.05. The molecular weight excluding hydrogens is 230 g/mol. The standard InChI is InChI=1S/C12H17N5O/c1-4-10-9(11(18-3)17(2)16-10)8-15-12-13-6-5-7-14-12/h5-7H,4,8H2,1-3H3,(H,13,14,15). The molecule has 2 aromatic heterocycles. The Morgan fingerprint density at radius 3 is 2.67 bits per heavy atom. The summed E-state index contributed by atoms with van der Waals surface area (Å²) in [5.41, 5.74) is 2.08. The second-order valence-electron chi connectivity index (χ2n) is 3.84. The molecule has 18 heavy (non-hydrogen) atoms. The molecule has 6 nitrogen and oxygen atoms in total. The molecule has 96 valence electrons. The Morgan fingerprint density at radius 1 is 1.33 bits per heavy atom. The molecule has 0 aromatic carbocycles. The second-order valence-corrected chi connectivity index (χ2v) is 3.84. The van der Waals surface area contributed by atoms with Gasteiger partial charge in [0.1, 0.15) is 0 Å². The Kier molecular flexibility index (Phi) is 3.76. The van der Waals surface area contributed by atoms with E-state index in [1.807, 2.05) is 7.05 Å². The zero-order valence-corrected chi connectivity index (χ0v) is 10.8. The van der Waals surface area contributed by atoms with Crippen LogP contribution in [0.2, 0.25) is 0 Å². The van der Waals surface area contributed by atoms with E-state index in [-0.39, 0.29) is 0 Å². The summed E-state index contributed by atoms with van der Waals surface area (Å²) in [6, 6.07) is 1.79. The molecule has 0 radical (unpaired) electrons. The number of aryl methyl sites for hydroxylation is 2. The van der Waals surface area contributed by atoms with Crippen LogP contribution in [0.3, 0.4) is 0 Å². The van der Waals surface area contributed by atoms with Crippen molar-refractivity contribution < 1.29 is 4.74 Å². The molecule has 0 bridgehead atoms. The molecule has 0 aliphatic heterocycles. The molecule has 0 spiro atoms. The van der Waals surface area contributed by atoms with Gasteiger partial charge in [-0.2, -0.15) is 5.10 Å². The molecule has 2 rings (SSSR count). The molecule has 0 fully saturated rings. The summed E-state index contributed by atoms with van der Waals surface area (Å²) < 4.78 is 7.12. The number of aromatic nitrogens is 4. The molecule has 0 aliphatic rings. The van der Waals surface area contributed by atoms with Gasteiger partial charge in [0.25, 0.3) is 0 Å². The second kappa shape index (κ2) is 5.48. The smallest absolute Gasteiger partial charge is 0.222 e. The van der Waals surface area contributed by atoms with Crippen molar-refractivity contribution in [2.75, 3.05) is 12.4 Å². The zero-order valence-electron chi connectivity index (χ0n) is 10.8. The van der Waals surface area contributed by atoms with Crippen LogP contribution in [0.1, 0.15) is 18.2 Å². The van der Waals surface area contributed by atoms with Crippen molar-refractivity contribution in [2.45, 2.75) is 19.9 Å². The van der Waals surface area contributed by atoms with E-state index in [1.54, 1.807) is 30.3 Å². The highest BCUT2D eigenvalue weighted by Crippen LogP contribution is 2.22. The first-order chi connectivity index (χ1) is 8.76. The number of ether oxygens (including phenoxy) is 1. The first-order valence-electron chi connectivity index (χ1n) is 5.85. The fourth-order valence-corrected chi connectivity index (χ4v) is 1.88. The SMILES string of the molecule is CCc1nn(C)c(OC)c1CNc1ncccn1. The van der Waals surface area contributed by atoms with Gasteiger partial charge in [-0.3, -0.25) is 0 Å². The Hall–Kier alpha value is -2.11. The average molecular weight is 247 g/mol. The Bertz CT molecular complexity index is 509. The Morgan fingerprint density at radius 2 is 2.06 bits per heavy atom. The van der Waals surface area contributed by atoms with Crippen molar-refractivity contribution >= 4 is 5.95 Å². The van der Waals surface area contributed by atoms with E-state index in [0.717, 1.165) is 23.6 Å². The van der Waals surface area contributed by atoms with Crippen molar-refractivity contribution in [2.24, 2.45) is 7.05 Å². The van der Waals surface area contributed by atoms with Crippen molar-refractivity contribution in [3.05, 3.63) is 29.7 Å². The van der Waals surface area contributed by atoms with E-state index in [9.17, 15) is 0 Å². The van der Waals surface area contributed by atoms with Crippen LogP contribution in [0, 0.1) is 0 Å². The number of rotatable bonds is 5. The number of hydrogen-bond donors (Lipinski definition) is 1. The minimum Gasteiger partial charge on any atom is -0.481 e. The largest absolute Gasteiger partial charge is 0.481 e. The van der Waals surface area contributed by atoms with Crippen LogP contribution in [-0.4, -0.2) is 26.9 Å². The third-order valence-corrected chi connectivity index (χ3v) is 2.69. The fourth-order valence-electron chi connectivity index (χ4n) is 1.88. The van der Waals surface area contributed by atoms with E-state index in [0.29, 0.717) is 12.5 Å². The Balaban J connectivity index is 2.18. The van der Waals surface area contributed by atoms with E-state index in [1.165, 1.54) is 0 Å². The summed E-state index contributed by atoms with van der Waals surface area (Å²) in [4.78, 5) is 8.24. The summed E-state index contributed by atoms with van der Waals surface area (Å²) in [7, 11) is 3.53. The van der Waals surface area contributed by atoms with Gasteiger partial charge in [0.15, 0.2) is 0 Å². The summed E-state index contributed by atoms with van der Waals surface area (Å²) >= 11 is 0. The molecule has 0 amide bonds. The molecule has 1 N–H and O–H groups in total. The van der Waals surface area contributed by atoms with Gasteiger partial charge in [-0.25, -0.2) is 14.6 Å². The maximum Gasteiger partial charge on any atom is 0.222 e. The van der Waals surface area contributed by atoms with Gasteiger partial charge >= 0.3 is 0 Å². The highest BCUT2D eigenvalue weighted by Gasteiger charge is 2.15. The van der Waals surface area contributed by atoms with Gasteiger partial charge in [0.2, 0.25) is 11.8 Å². The Labute approximate surface area is 106 Å². The summed E-state index contributed by atoms with van der Waals surface area (Å²) in [5.74, 6) is 1.38. The topological polar surface area (TPSA) is 64.9 Å². The van der Waals surface area contributed by atoms with Gasteiger partial charge in [-0.15, -0.1) is 0 Å². The lowest BCUT2D eigenvalue weighted by Gasteiger charge is -2.06. The summed E-state index contributed by atoms with van der Waals surface area (Å²) in [6.07, 6.45) is 4.27. The quantitative estimate of drug-likeness (QED) is 0.865.